The lowest BCUT2D eigenvalue weighted by Crippen LogP contribution is -2.28. The first-order valence-corrected chi connectivity index (χ1v) is 9.63. The summed E-state index contributed by atoms with van der Waals surface area (Å²) in [6, 6.07) is 11.8. The molecule has 3 rings (SSSR count). The number of hydrogen-bond donors (Lipinski definition) is 0. The Bertz CT molecular complexity index is 779. The lowest BCUT2D eigenvalue weighted by atomic mass is 10.1. The highest BCUT2D eigenvalue weighted by atomic mass is 19.1. The number of rotatable bonds is 8. The van der Waals surface area contributed by atoms with E-state index in [2.05, 4.69) is 0 Å². The van der Waals surface area contributed by atoms with Gasteiger partial charge in [-0.15, -0.1) is 0 Å². The fourth-order valence-corrected chi connectivity index (χ4v) is 2.95. The van der Waals surface area contributed by atoms with Gasteiger partial charge in [0.2, 0.25) is 5.91 Å². The maximum atomic E-state index is 12.9. The Morgan fingerprint density at radius 1 is 1.11 bits per heavy atom. The zero-order chi connectivity index (χ0) is 19.8. The van der Waals surface area contributed by atoms with Crippen LogP contribution in [-0.4, -0.2) is 44.2 Å². The van der Waals surface area contributed by atoms with Gasteiger partial charge < -0.3 is 19.1 Å². The fraction of sp³-hybridized carbons (Fsp3) is 0.409. The largest absolute Gasteiger partial charge is 0.494 e. The molecule has 0 atom stereocenters. The monoisotopic (exact) mass is 387 g/mol. The van der Waals surface area contributed by atoms with Crippen molar-refractivity contribution in [1.82, 2.24) is 4.90 Å². The standard InChI is InChI=1S/C22H26FNO4/c1-24(12-2-13-26-19-8-6-18(23)7-9-19)22(25)11-5-17-4-10-20-21(16-17)28-15-3-14-27-20/h4,6-10,16H,2-3,5,11-15H2,1H3. The summed E-state index contributed by atoms with van der Waals surface area (Å²) in [5.41, 5.74) is 1.06. The summed E-state index contributed by atoms with van der Waals surface area (Å²) in [6.07, 6.45) is 2.68. The van der Waals surface area contributed by atoms with Crippen LogP contribution in [0.15, 0.2) is 42.5 Å². The smallest absolute Gasteiger partial charge is 0.222 e. The second-order valence-corrected chi connectivity index (χ2v) is 6.80. The van der Waals surface area contributed by atoms with Gasteiger partial charge in [0.25, 0.3) is 0 Å². The molecule has 0 N–H and O–H groups in total. The Hall–Kier alpha value is -2.76. The molecule has 1 amide bonds. The highest BCUT2D eigenvalue weighted by Crippen LogP contribution is 2.30. The molecule has 0 spiro atoms. The summed E-state index contributed by atoms with van der Waals surface area (Å²) >= 11 is 0. The molecule has 2 aromatic carbocycles. The van der Waals surface area contributed by atoms with E-state index in [0.29, 0.717) is 51.4 Å². The SMILES string of the molecule is CN(CCCOc1ccc(F)cc1)C(=O)CCc1ccc2c(c1)OCCCO2. The number of benzene rings is 2. The van der Waals surface area contributed by atoms with Gasteiger partial charge in [-0.2, -0.15) is 0 Å². The maximum Gasteiger partial charge on any atom is 0.222 e. The third-order valence-electron chi connectivity index (χ3n) is 4.59. The molecule has 0 bridgehead atoms. The maximum absolute atomic E-state index is 12.9. The van der Waals surface area contributed by atoms with Crippen molar-refractivity contribution in [1.29, 1.82) is 0 Å². The number of fused-ring (bicyclic) bond motifs is 1. The topological polar surface area (TPSA) is 48.0 Å². The zero-order valence-electron chi connectivity index (χ0n) is 16.2. The van der Waals surface area contributed by atoms with Crippen molar-refractivity contribution in [2.24, 2.45) is 0 Å². The van der Waals surface area contributed by atoms with E-state index in [-0.39, 0.29) is 11.7 Å². The van der Waals surface area contributed by atoms with Gasteiger partial charge >= 0.3 is 0 Å². The Morgan fingerprint density at radius 2 is 1.86 bits per heavy atom. The normalized spacial score (nSPS) is 12.9. The molecule has 1 heterocycles. The number of nitrogens with zero attached hydrogens (tertiary/aromatic N) is 1. The summed E-state index contributed by atoms with van der Waals surface area (Å²) in [7, 11) is 1.80. The Morgan fingerprint density at radius 3 is 2.64 bits per heavy atom. The summed E-state index contributed by atoms with van der Waals surface area (Å²) in [5, 5.41) is 0. The van der Waals surface area contributed by atoms with Gasteiger partial charge in [-0.1, -0.05) is 6.07 Å². The zero-order valence-corrected chi connectivity index (χ0v) is 16.2. The van der Waals surface area contributed by atoms with Crippen molar-refractivity contribution in [3.63, 3.8) is 0 Å². The van der Waals surface area contributed by atoms with Crippen molar-refractivity contribution in [2.45, 2.75) is 25.7 Å². The van der Waals surface area contributed by atoms with Crippen molar-refractivity contribution < 1.29 is 23.4 Å². The minimum atomic E-state index is -0.286. The number of ether oxygens (including phenoxy) is 3. The third kappa shape index (κ3) is 5.87. The molecular formula is C22H26FNO4. The van der Waals surface area contributed by atoms with E-state index in [1.165, 1.54) is 12.1 Å². The first-order valence-electron chi connectivity index (χ1n) is 9.63. The molecule has 150 valence electrons. The molecule has 0 aromatic heterocycles. The van der Waals surface area contributed by atoms with Crippen LogP contribution in [0.5, 0.6) is 17.2 Å². The molecule has 6 heteroatoms. The number of carbonyl (C=O) groups excluding carboxylic acids is 1. The first-order chi connectivity index (χ1) is 13.6. The molecule has 1 aliphatic heterocycles. The van der Waals surface area contributed by atoms with Gasteiger partial charge in [-0.05, 0) is 54.8 Å². The van der Waals surface area contributed by atoms with Crippen LogP contribution in [-0.2, 0) is 11.2 Å². The summed E-state index contributed by atoms with van der Waals surface area (Å²) in [6.45, 7) is 2.41. The number of aryl methyl sites for hydroxylation is 1. The second-order valence-electron chi connectivity index (χ2n) is 6.80. The minimum absolute atomic E-state index is 0.0916. The number of amides is 1. The van der Waals surface area contributed by atoms with Crippen LogP contribution in [0.25, 0.3) is 0 Å². The molecule has 0 unspecified atom stereocenters. The molecule has 0 aliphatic carbocycles. The highest BCUT2D eigenvalue weighted by Gasteiger charge is 2.13. The van der Waals surface area contributed by atoms with Gasteiger partial charge in [0.05, 0.1) is 19.8 Å². The molecule has 2 aromatic rings. The van der Waals surface area contributed by atoms with Crippen LogP contribution in [0.1, 0.15) is 24.8 Å². The van der Waals surface area contributed by atoms with Gasteiger partial charge in [0, 0.05) is 26.4 Å². The predicted molar refractivity (Wildman–Crippen MR) is 105 cm³/mol. The molecule has 0 radical (unpaired) electrons. The number of hydrogen-bond acceptors (Lipinski definition) is 4. The van der Waals surface area contributed by atoms with Crippen molar-refractivity contribution in [2.75, 3.05) is 33.4 Å². The highest BCUT2D eigenvalue weighted by molar-refractivity contribution is 5.76. The van der Waals surface area contributed by atoms with Crippen LogP contribution < -0.4 is 14.2 Å². The lowest BCUT2D eigenvalue weighted by molar-refractivity contribution is -0.129. The average Bonchev–Trinajstić information content (AvgIpc) is 2.95. The summed E-state index contributed by atoms with van der Waals surface area (Å²) in [5.74, 6) is 1.96. The first kappa shape index (κ1) is 20.0. The second kappa shape index (κ2) is 9.97. The van der Waals surface area contributed by atoms with Crippen molar-refractivity contribution >= 4 is 5.91 Å². The van der Waals surface area contributed by atoms with Crippen LogP contribution in [0, 0.1) is 5.82 Å². The van der Waals surface area contributed by atoms with Crippen molar-refractivity contribution in [3.8, 4) is 17.2 Å². The Balaban J connectivity index is 1.38. The molecule has 1 aliphatic rings. The summed E-state index contributed by atoms with van der Waals surface area (Å²) < 4.78 is 29.7. The number of halogens is 1. The van der Waals surface area contributed by atoms with Gasteiger partial charge in [0.15, 0.2) is 11.5 Å². The van der Waals surface area contributed by atoms with E-state index in [0.717, 1.165) is 23.5 Å². The van der Waals surface area contributed by atoms with E-state index >= 15 is 0 Å². The van der Waals surface area contributed by atoms with E-state index in [1.807, 2.05) is 18.2 Å². The Kier molecular flexibility index (Phi) is 7.12. The average molecular weight is 387 g/mol. The summed E-state index contributed by atoms with van der Waals surface area (Å²) in [4.78, 5) is 14.1. The molecule has 28 heavy (non-hydrogen) atoms. The van der Waals surface area contributed by atoms with Crippen LogP contribution in [0.3, 0.4) is 0 Å². The molecule has 0 saturated heterocycles. The van der Waals surface area contributed by atoms with E-state index in [4.69, 9.17) is 14.2 Å². The molecular weight excluding hydrogens is 361 g/mol. The molecule has 0 saturated carbocycles. The third-order valence-corrected chi connectivity index (χ3v) is 4.59. The lowest BCUT2D eigenvalue weighted by Gasteiger charge is -2.17. The van der Waals surface area contributed by atoms with Gasteiger partial charge in [0.1, 0.15) is 11.6 Å². The van der Waals surface area contributed by atoms with Crippen LogP contribution in [0.4, 0.5) is 4.39 Å². The van der Waals surface area contributed by atoms with Gasteiger partial charge in [-0.3, -0.25) is 4.79 Å². The van der Waals surface area contributed by atoms with Gasteiger partial charge in [-0.25, -0.2) is 4.39 Å². The van der Waals surface area contributed by atoms with E-state index < -0.39 is 0 Å². The van der Waals surface area contributed by atoms with Crippen molar-refractivity contribution in [3.05, 3.63) is 53.8 Å². The molecule has 0 fully saturated rings. The number of carbonyl (C=O) groups is 1. The van der Waals surface area contributed by atoms with Crippen LogP contribution >= 0.6 is 0 Å². The fourth-order valence-electron chi connectivity index (χ4n) is 2.95. The predicted octanol–water partition coefficient (Wildman–Crippen LogP) is 3.85. The van der Waals surface area contributed by atoms with E-state index in [9.17, 15) is 9.18 Å². The minimum Gasteiger partial charge on any atom is -0.494 e. The quantitative estimate of drug-likeness (QED) is 0.646. The molecule has 5 nitrogen and oxygen atoms in total. The van der Waals surface area contributed by atoms with Crippen LogP contribution in [0.2, 0.25) is 0 Å². The Labute approximate surface area is 165 Å². The van der Waals surface area contributed by atoms with E-state index in [1.54, 1.807) is 24.1 Å².